The Morgan fingerprint density at radius 1 is 0.794 bits per heavy atom. The zero-order valence-electron chi connectivity index (χ0n) is 19.9. The van der Waals surface area contributed by atoms with Crippen molar-refractivity contribution in [1.82, 2.24) is 9.80 Å². The van der Waals surface area contributed by atoms with Gasteiger partial charge in [-0.15, -0.1) is 0 Å². The van der Waals surface area contributed by atoms with Gasteiger partial charge in [0.2, 0.25) is 0 Å². The summed E-state index contributed by atoms with van der Waals surface area (Å²) in [6, 6.07) is 17.7. The van der Waals surface area contributed by atoms with Gasteiger partial charge in [0.25, 0.3) is 0 Å². The Bertz CT molecular complexity index is 893. The zero-order chi connectivity index (χ0) is 24.6. The summed E-state index contributed by atoms with van der Waals surface area (Å²) in [7, 11) is 0. The molecule has 1 saturated heterocycles. The first-order valence-corrected chi connectivity index (χ1v) is 11.4. The van der Waals surface area contributed by atoms with Crippen molar-refractivity contribution in [2.24, 2.45) is 0 Å². The van der Waals surface area contributed by atoms with E-state index in [-0.39, 0.29) is 39.3 Å². The third-order valence-corrected chi connectivity index (χ3v) is 5.25. The van der Waals surface area contributed by atoms with Crippen LogP contribution >= 0.6 is 0 Å². The third kappa shape index (κ3) is 7.50. The smallest absolute Gasteiger partial charge is 0.410 e. The summed E-state index contributed by atoms with van der Waals surface area (Å²) < 4.78 is 16.5. The van der Waals surface area contributed by atoms with E-state index in [2.05, 4.69) is 0 Å². The third-order valence-electron chi connectivity index (χ3n) is 5.25. The normalized spacial score (nSPS) is 16.4. The van der Waals surface area contributed by atoms with Crippen molar-refractivity contribution in [3.05, 3.63) is 71.8 Å². The number of carbonyl (C=O) groups is 3. The molecule has 34 heavy (non-hydrogen) atoms. The molecule has 1 unspecified atom stereocenters. The average Bonchev–Trinajstić information content (AvgIpc) is 3.05. The Labute approximate surface area is 200 Å². The van der Waals surface area contributed by atoms with Crippen molar-refractivity contribution in [2.45, 2.75) is 52.0 Å². The van der Waals surface area contributed by atoms with Crippen LogP contribution in [0.3, 0.4) is 0 Å². The Morgan fingerprint density at radius 2 is 1.35 bits per heavy atom. The van der Waals surface area contributed by atoms with Crippen molar-refractivity contribution in [2.75, 3.05) is 19.6 Å². The lowest BCUT2D eigenvalue weighted by molar-refractivity contribution is -0.150. The highest BCUT2D eigenvalue weighted by Gasteiger charge is 2.37. The second-order valence-electron chi connectivity index (χ2n) is 9.10. The molecule has 0 aliphatic carbocycles. The molecule has 8 nitrogen and oxygen atoms in total. The molecule has 2 aromatic carbocycles. The van der Waals surface area contributed by atoms with Gasteiger partial charge in [0.15, 0.2) is 0 Å². The van der Waals surface area contributed by atoms with Gasteiger partial charge >= 0.3 is 18.2 Å². The van der Waals surface area contributed by atoms with Gasteiger partial charge in [0.1, 0.15) is 24.9 Å². The fourth-order valence-corrected chi connectivity index (χ4v) is 3.53. The molecule has 1 fully saturated rings. The van der Waals surface area contributed by atoms with Crippen LogP contribution in [-0.4, -0.2) is 59.2 Å². The quantitative estimate of drug-likeness (QED) is 0.478. The van der Waals surface area contributed by atoms with Crippen LogP contribution in [0.2, 0.25) is 0 Å². The Balaban J connectivity index is 1.70. The molecular formula is C26H32N2O6. The molecule has 0 spiro atoms. The second-order valence-corrected chi connectivity index (χ2v) is 9.10. The summed E-state index contributed by atoms with van der Waals surface area (Å²) in [6.45, 7) is 6.15. The van der Waals surface area contributed by atoms with Crippen LogP contribution in [0.4, 0.5) is 9.59 Å². The van der Waals surface area contributed by atoms with E-state index in [0.29, 0.717) is 0 Å². The van der Waals surface area contributed by atoms with Crippen molar-refractivity contribution in [1.29, 1.82) is 0 Å². The molecule has 0 radical (unpaired) electrons. The summed E-state index contributed by atoms with van der Waals surface area (Å²) in [4.78, 5) is 41.4. The van der Waals surface area contributed by atoms with Crippen molar-refractivity contribution < 1.29 is 28.6 Å². The lowest BCUT2D eigenvalue weighted by Crippen LogP contribution is -2.46. The van der Waals surface area contributed by atoms with E-state index in [1.54, 1.807) is 20.8 Å². The Morgan fingerprint density at radius 3 is 1.91 bits per heavy atom. The second kappa shape index (κ2) is 11.5. The number of rotatable bonds is 5. The molecule has 2 amide bonds. The summed E-state index contributed by atoms with van der Waals surface area (Å²) in [5.41, 5.74) is 1.04. The van der Waals surface area contributed by atoms with Crippen LogP contribution in [-0.2, 0) is 32.2 Å². The maximum Gasteiger partial charge on any atom is 0.410 e. The van der Waals surface area contributed by atoms with Crippen LogP contribution in [0, 0.1) is 0 Å². The van der Waals surface area contributed by atoms with Gasteiger partial charge in [-0.05, 0) is 38.3 Å². The first-order chi connectivity index (χ1) is 16.2. The van der Waals surface area contributed by atoms with Gasteiger partial charge in [-0.1, -0.05) is 60.7 Å². The lowest BCUT2D eigenvalue weighted by atomic mass is 10.2. The number of benzene rings is 2. The molecule has 8 heteroatoms. The summed E-state index contributed by atoms with van der Waals surface area (Å²) >= 11 is 0. The summed E-state index contributed by atoms with van der Waals surface area (Å²) in [5.74, 6) is -0.536. The molecule has 1 aliphatic rings. The number of ether oxygens (including phenoxy) is 3. The van der Waals surface area contributed by atoms with Crippen LogP contribution in [0.15, 0.2) is 60.7 Å². The topological polar surface area (TPSA) is 85.4 Å². The molecule has 182 valence electrons. The van der Waals surface area contributed by atoms with Gasteiger partial charge in [-0.3, -0.25) is 4.90 Å². The molecule has 1 atom stereocenters. The van der Waals surface area contributed by atoms with Gasteiger partial charge in [-0.2, -0.15) is 0 Å². The van der Waals surface area contributed by atoms with E-state index >= 15 is 0 Å². The van der Waals surface area contributed by atoms with Crippen LogP contribution in [0.25, 0.3) is 0 Å². The minimum Gasteiger partial charge on any atom is -0.459 e. The van der Waals surface area contributed by atoms with Crippen LogP contribution < -0.4 is 0 Å². The van der Waals surface area contributed by atoms with Crippen LogP contribution in [0.5, 0.6) is 0 Å². The van der Waals surface area contributed by atoms with Crippen molar-refractivity contribution in [3.8, 4) is 0 Å². The highest BCUT2D eigenvalue weighted by molar-refractivity contribution is 5.82. The largest absolute Gasteiger partial charge is 0.459 e. The molecule has 2 aromatic rings. The highest BCUT2D eigenvalue weighted by atomic mass is 16.6. The van der Waals surface area contributed by atoms with Crippen molar-refractivity contribution in [3.63, 3.8) is 0 Å². The number of esters is 1. The average molecular weight is 469 g/mol. The molecule has 0 aromatic heterocycles. The minimum atomic E-state index is -0.876. The van der Waals surface area contributed by atoms with Gasteiger partial charge in [0, 0.05) is 19.6 Å². The molecule has 0 bridgehead atoms. The first-order valence-electron chi connectivity index (χ1n) is 11.4. The Kier molecular flexibility index (Phi) is 8.51. The van der Waals surface area contributed by atoms with E-state index < -0.39 is 29.8 Å². The SMILES string of the molecule is CC(C)(C)OC(=O)N1CCC(C(=O)OCc2ccccc2)N(C(=O)OCc2ccccc2)CC1. The number of carbonyl (C=O) groups excluding carboxylic acids is 3. The van der Waals surface area contributed by atoms with E-state index in [9.17, 15) is 14.4 Å². The maximum atomic E-state index is 13.0. The predicted molar refractivity (Wildman–Crippen MR) is 126 cm³/mol. The zero-order valence-corrected chi connectivity index (χ0v) is 19.9. The molecule has 1 aliphatic heterocycles. The van der Waals surface area contributed by atoms with E-state index in [1.165, 1.54) is 9.80 Å². The van der Waals surface area contributed by atoms with Crippen molar-refractivity contribution >= 4 is 18.2 Å². The molecule has 3 rings (SSSR count). The molecule has 1 heterocycles. The number of nitrogens with zero attached hydrogens (tertiary/aromatic N) is 2. The molecule has 0 saturated carbocycles. The Hall–Kier alpha value is -3.55. The van der Waals surface area contributed by atoms with E-state index in [1.807, 2.05) is 60.7 Å². The summed E-state index contributed by atoms with van der Waals surface area (Å²) in [6.07, 6.45) is -0.896. The highest BCUT2D eigenvalue weighted by Crippen LogP contribution is 2.18. The lowest BCUT2D eigenvalue weighted by Gasteiger charge is -2.27. The standard InChI is InChI=1S/C26H32N2O6/c1-26(2,3)34-24(30)27-15-14-22(23(29)32-18-20-10-6-4-7-11-20)28(17-16-27)25(31)33-19-21-12-8-5-9-13-21/h4-13,22H,14-19H2,1-3H3. The number of amides is 2. The van der Waals surface area contributed by atoms with Crippen LogP contribution in [0.1, 0.15) is 38.3 Å². The first kappa shape index (κ1) is 25.1. The van der Waals surface area contributed by atoms with Gasteiger partial charge in [0.05, 0.1) is 0 Å². The fourth-order valence-electron chi connectivity index (χ4n) is 3.53. The van der Waals surface area contributed by atoms with E-state index in [0.717, 1.165) is 11.1 Å². The predicted octanol–water partition coefficient (Wildman–Crippen LogP) is 4.38. The van der Waals surface area contributed by atoms with Gasteiger partial charge < -0.3 is 19.1 Å². The molecule has 0 N–H and O–H groups in total. The van der Waals surface area contributed by atoms with E-state index in [4.69, 9.17) is 14.2 Å². The maximum absolute atomic E-state index is 13.0. The molecular weight excluding hydrogens is 436 g/mol. The minimum absolute atomic E-state index is 0.0811. The monoisotopic (exact) mass is 468 g/mol. The fraction of sp³-hybridized carbons (Fsp3) is 0.423. The number of hydrogen-bond acceptors (Lipinski definition) is 6. The summed E-state index contributed by atoms with van der Waals surface area (Å²) in [5, 5.41) is 0. The van der Waals surface area contributed by atoms with Gasteiger partial charge in [-0.25, -0.2) is 14.4 Å². The number of hydrogen-bond donors (Lipinski definition) is 0.